The normalized spacial score (nSPS) is 14.1. The number of esters is 1. The van der Waals surface area contributed by atoms with E-state index in [0.717, 1.165) is 10.5 Å². The van der Waals surface area contributed by atoms with Crippen molar-refractivity contribution in [1.29, 1.82) is 0 Å². The maximum Gasteiger partial charge on any atom is 0.326 e. The molecule has 0 aliphatic carbocycles. The molecule has 0 bridgehead atoms. The highest BCUT2D eigenvalue weighted by atomic mass is 79.9. The Morgan fingerprint density at radius 1 is 1.26 bits per heavy atom. The van der Waals surface area contributed by atoms with Gasteiger partial charge in [-0.2, -0.15) is 0 Å². The maximum atomic E-state index is 11.8. The van der Waals surface area contributed by atoms with Gasteiger partial charge in [0.2, 0.25) is 11.8 Å². The van der Waals surface area contributed by atoms with Crippen LogP contribution in [-0.2, 0) is 23.9 Å². The van der Waals surface area contributed by atoms with Gasteiger partial charge in [-0.1, -0.05) is 6.07 Å². The van der Waals surface area contributed by atoms with Crippen LogP contribution >= 0.6 is 15.9 Å². The molecule has 1 heterocycles. The van der Waals surface area contributed by atoms with Crippen molar-refractivity contribution in [1.82, 2.24) is 4.90 Å². The molecule has 1 aliphatic heterocycles. The van der Waals surface area contributed by atoms with Gasteiger partial charge < -0.3 is 10.1 Å². The molecule has 0 atom stereocenters. The summed E-state index contributed by atoms with van der Waals surface area (Å²) >= 11 is 3.32. The van der Waals surface area contributed by atoms with Crippen molar-refractivity contribution in [2.45, 2.75) is 19.8 Å². The number of hydrogen-bond donors (Lipinski definition) is 1. The smallest absolute Gasteiger partial charge is 0.326 e. The van der Waals surface area contributed by atoms with Crippen molar-refractivity contribution in [3.8, 4) is 0 Å². The minimum absolute atomic E-state index is 0.105. The molecule has 0 spiro atoms. The molecule has 1 saturated heterocycles. The second kappa shape index (κ2) is 7.36. The Kier molecular flexibility index (Phi) is 5.49. The summed E-state index contributed by atoms with van der Waals surface area (Å²) in [7, 11) is 0. The minimum Gasteiger partial charge on any atom is -0.454 e. The van der Waals surface area contributed by atoms with Crippen LogP contribution in [0, 0.1) is 6.92 Å². The lowest BCUT2D eigenvalue weighted by Gasteiger charge is -2.13. The van der Waals surface area contributed by atoms with Gasteiger partial charge in [0.1, 0.15) is 6.54 Å². The first-order valence-corrected chi connectivity index (χ1v) is 7.71. The van der Waals surface area contributed by atoms with Gasteiger partial charge in [-0.15, -0.1) is 0 Å². The number of ether oxygens (including phenoxy) is 1. The molecule has 3 amide bonds. The van der Waals surface area contributed by atoms with E-state index >= 15 is 0 Å². The molecule has 0 unspecified atom stereocenters. The number of likely N-dealkylation sites (tertiary alicyclic amines) is 1. The van der Waals surface area contributed by atoms with Crippen LogP contribution in [-0.4, -0.2) is 41.7 Å². The van der Waals surface area contributed by atoms with Crippen LogP contribution in [0.5, 0.6) is 0 Å². The predicted octanol–water partition coefficient (Wildman–Crippen LogP) is 1.39. The van der Waals surface area contributed by atoms with Crippen molar-refractivity contribution in [3.05, 3.63) is 28.2 Å². The Labute approximate surface area is 141 Å². The molecule has 7 nitrogen and oxygen atoms in total. The van der Waals surface area contributed by atoms with Gasteiger partial charge in [-0.25, -0.2) is 0 Å². The molecule has 0 aromatic heterocycles. The lowest BCUT2D eigenvalue weighted by Crippen LogP contribution is -2.36. The fraction of sp³-hybridized carbons (Fsp3) is 0.333. The van der Waals surface area contributed by atoms with Crippen LogP contribution in [0.1, 0.15) is 18.4 Å². The first kappa shape index (κ1) is 17.1. The average Bonchev–Trinajstić information content (AvgIpc) is 2.80. The van der Waals surface area contributed by atoms with Gasteiger partial charge in [0.25, 0.3) is 5.91 Å². The van der Waals surface area contributed by atoms with E-state index < -0.39 is 36.8 Å². The fourth-order valence-corrected chi connectivity index (χ4v) is 2.62. The molecule has 1 N–H and O–H groups in total. The second-order valence-corrected chi connectivity index (χ2v) is 5.92. The third-order valence-electron chi connectivity index (χ3n) is 3.20. The molecular weight excluding hydrogens is 368 g/mol. The number of carbonyl (C=O) groups is 4. The van der Waals surface area contributed by atoms with Gasteiger partial charge in [-0.3, -0.25) is 24.1 Å². The fourth-order valence-electron chi connectivity index (χ4n) is 2.03. The Morgan fingerprint density at radius 3 is 2.52 bits per heavy atom. The number of rotatable bonds is 5. The Balaban J connectivity index is 1.81. The Hall–Kier alpha value is -2.22. The van der Waals surface area contributed by atoms with Crippen molar-refractivity contribution in [2.75, 3.05) is 18.5 Å². The molecule has 2 rings (SSSR count). The zero-order valence-corrected chi connectivity index (χ0v) is 14.0. The van der Waals surface area contributed by atoms with E-state index in [2.05, 4.69) is 21.2 Å². The van der Waals surface area contributed by atoms with E-state index in [-0.39, 0.29) is 12.8 Å². The largest absolute Gasteiger partial charge is 0.454 e. The highest BCUT2D eigenvalue weighted by Gasteiger charge is 2.31. The number of benzene rings is 1. The number of amides is 3. The molecule has 1 aromatic rings. The lowest BCUT2D eigenvalue weighted by atomic mass is 10.2. The number of nitrogens with one attached hydrogen (secondary N) is 1. The minimum atomic E-state index is -0.799. The molecule has 0 radical (unpaired) electrons. The SMILES string of the molecule is Cc1ccc(NC(=O)COC(=O)CN2C(=O)CCC2=O)c(Br)c1. The first-order valence-electron chi connectivity index (χ1n) is 6.91. The van der Waals surface area contributed by atoms with E-state index in [1.807, 2.05) is 19.1 Å². The van der Waals surface area contributed by atoms with Gasteiger partial charge in [0.15, 0.2) is 6.61 Å². The monoisotopic (exact) mass is 382 g/mol. The Bertz CT molecular complexity index is 658. The third-order valence-corrected chi connectivity index (χ3v) is 3.86. The number of imide groups is 1. The van der Waals surface area contributed by atoms with Crippen LogP contribution in [0.2, 0.25) is 0 Å². The van der Waals surface area contributed by atoms with Crippen LogP contribution in [0.25, 0.3) is 0 Å². The lowest BCUT2D eigenvalue weighted by molar-refractivity contribution is -0.153. The average molecular weight is 383 g/mol. The molecule has 23 heavy (non-hydrogen) atoms. The zero-order valence-electron chi connectivity index (χ0n) is 12.4. The summed E-state index contributed by atoms with van der Waals surface area (Å²) in [5.74, 6) is -2.12. The highest BCUT2D eigenvalue weighted by molar-refractivity contribution is 9.10. The number of halogens is 1. The predicted molar refractivity (Wildman–Crippen MR) is 84.4 cm³/mol. The summed E-state index contributed by atoms with van der Waals surface area (Å²) in [6.45, 7) is 0.966. The van der Waals surface area contributed by atoms with Gasteiger partial charge in [-0.05, 0) is 40.5 Å². The van der Waals surface area contributed by atoms with Gasteiger partial charge >= 0.3 is 5.97 Å². The quantitative estimate of drug-likeness (QED) is 0.613. The maximum absolute atomic E-state index is 11.8. The van der Waals surface area contributed by atoms with Crippen molar-refractivity contribution >= 4 is 45.3 Å². The molecule has 1 fully saturated rings. The van der Waals surface area contributed by atoms with E-state index in [1.54, 1.807) is 6.07 Å². The second-order valence-electron chi connectivity index (χ2n) is 5.07. The molecular formula is C15H15BrN2O5. The van der Waals surface area contributed by atoms with E-state index in [4.69, 9.17) is 4.74 Å². The molecule has 1 aliphatic rings. The number of nitrogens with zero attached hydrogens (tertiary/aromatic N) is 1. The topological polar surface area (TPSA) is 92.8 Å². The van der Waals surface area contributed by atoms with E-state index in [1.165, 1.54) is 0 Å². The molecule has 8 heteroatoms. The summed E-state index contributed by atoms with van der Waals surface area (Å²) in [5.41, 5.74) is 1.59. The van der Waals surface area contributed by atoms with Crippen LogP contribution in [0.15, 0.2) is 22.7 Å². The number of aryl methyl sites for hydroxylation is 1. The summed E-state index contributed by atoms with van der Waals surface area (Å²) in [6, 6.07) is 5.39. The third kappa shape index (κ3) is 4.62. The van der Waals surface area contributed by atoms with Crippen molar-refractivity contribution in [2.24, 2.45) is 0 Å². The Morgan fingerprint density at radius 2 is 1.91 bits per heavy atom. The van der Waals surface area contributed by atoms with Crippen molar-refractivity contribution < 1.29 is 23.9 Å². The molecule has 122 valence electrons. The first-order chi connectivity index (χ1) is 10.9. The van der Waals surface area contributed by atoms with Crippen LogP contribution < -0.4 is 5.32 Å². The van der Waals surface area contributed by atoms with E-state index in [0.29, 0.717) is 10.2 Å². The molecule has 0 saturated carbocycles. The summed E-state index contributed by atoms with van der Waals surface area (Å²) in [4.78, 5) is 47.0. The summed E-state index contributed by atoms with van der Waals surface area (Å²) in [6.07, 6.45) is 0.210. The van der Waals surface area contributed by atoms with Crippen LogP contribution in [0.4, 0.5) is 5.69 Å². The van der Waals surface area contributed by atoms with Gasteiger partial charge in [0.05, 0.1) is 5.69 Å². The number of carbonyl (C=O) groups excluding carboxylic acids is 4. The summed E-state index contributed by atoms with van der Waals surface area (Å²) in [5, 5.41) is 2.59. The molecule has 1 aromatic carbocycles. The number of hydrogen-bond acceptors (Lipinski definition) is 5. The number of anilines is 1. The zero-order chi connectivity index (χ0) is 17.0. The van der Waals surface area contributed by atoms with Crippen LogP contribution in [0.3, 0.4) is 0 Å². The van der Waals surface area contributed by atoms with Gasteiger partial charge in [0, 0.05) is 17.3 Å². The summed E-state index contributed by atoms with van der Waals surface area (Å²) < 4.78 is 5.50. The van der Waals surface area contributed by atoms with Crippen molar-refractivity contribution in [3.63, 3.8) is 0 Å². The van der Waals surface area contributed by atoms with E-state index in [9.17, 15) is 19.2 Å². The highest BCUT2D eigenvalue weighted by Crippen LogP contribution is 2.23. The standard InChI is InChI=1S/C15H15BrN2O5/c1-9-2-3-11(10(16)6-9)17-12(19)8-23-15(22)7-18-13(20)4-5-14(18)21/h2-3,6H,4-5,7-8H2,1H3,(H,17,19).